The monoisotopic (exact) mass is 556 g/mol. The lowest BCUT2D eigenvalue weighted by Crippen LogP contribution is -2.69. The Labute approximate surface area is 236 Å². The minimum atomic E-state index is -2.75. The predicted molar refractivity (Wildman–Crippen MR) is 170 cm³/mol. The Hall–Kier alpha value is -1.25. The Kier molecular flexibility index (Phi) is 14.0. The lowest BCUT2D eigenvalue weighted by Gasteiger charge is -2.47. The molecule has 2 aromatic rings. The van der Waals surface area contributed by atoms with Crippen LogP contribution in [0.4, 0.5) is 0 Å². The van der Waals surface area contributed by atoms with Crippen LogP contribution in [0.5, 0.6) is 0 Å². The molecule has 0 spiro atoms. The molecule has 214 valence electrons. The van der Waals surface area contributed by atoms with Crippen LogP contribution in [0, 0.1) is 0 Å². The first-order valence-electron chi connectivity index (χ1n) is 15.3. The number of rotatable bonds is 18. The number of aliphatic hydroxyl groups excluding tert-OH is 1. The van der Waals surface area contributed by atoms with Crippen molar-refractivity contribution in [3.05, 3.63) is 60.7 Å². The molecular formula is C33H56O3Si2. The van der Waals surface area contributed by atoms with E-state index in [1.807, 2.05) is 0 Å². The molecule has 0 bridgehead atoms. The van der Waals surface area contributed by atoms with Crippen LogP contribution in [-0.2, 0) is 8.85 Å². The van der Waals surface area contributed by atoms with E-state index in [0.29, 0.717) is 0 Å². The highest BCUT2D eigenvalue weighted by Crippen LogP contribution is 2.39. The summed E-state index contributed by atoms with van der Waals surface area (Å²) in [7, 11) is -4.69. The van der Waals surface area contributed by atoms with E-state index in [1.54, 1.807) is 0 Å². The van der Waals surface area contributed by atoms with Crippen molar-refractivity contribution >= 4 is 27.0 Å². The van der Waals surface area contributed by atoms with Gasteiger partial charge in [-0.05, 0) is 40.0 Å². The van der Waals surface area contributed by atoms with Gasteiger partial charge in [-0.1, -0.05) is 148 Å². The van der Waals surface area contributed by atoms with Crippen molar-refractivity contribution in [1.82, 2.24) is 0 Å². The molecule has 38 heavy (non-hydrogen) atoms. The fourth-order valence-electron chi connectivity index (χ4n) is 5.92. The lowest BCUT2D eigenvalue weighted by atomic mass is 10.0. The van der Waals surface area contributed by atoms with Gasteiger partial charge in [0.2, 0.25) is 0 Å². The van der Waals surface area contributed by atoms with Gasteiger partial charge >= 0.3 is 0 Å². The number of hydrogen-bond acceptors (Lipinski definition) is 3. The van der Waals surface area contributed by atoms with Gasteiger partial charge in [0.25, 0.3) is 8.32 Å². The summed E-state index contributed by atoms with van der Waals surface area (Å²) in [6.07, 6.45) is 7.93. The van der Waals surface area contributed by atoms with Gasteiger partial charge in [0.1, 0.15) is 0 Å². The van der Waals surface area contributed by atoms with Gasteiger partial charge in [0, 0.05) is 0 Å². The SMILES string of the molecule is CCCCCCCC[C@H](O[Si](c1ccccc1)(c1ccccc1)C(C)(C)C)[C@@H](CO)O[Si](CC)(CC)CC. The number of unbranched alkanes of at least 4 members (excludes halogenated alkanes) is 5. The highest BCUT2D eigenvalue weighted by Gasteiger charge is 2.52. The fraction of sp³-hybridized carbons (Fsp3) is 0.636. The Morgan fingerprint density at radius 3 is 1.55 bits per heavy atom. The molecule has 2 rings (SSSR count). The van der Waals surface area contributed by atoms with Crippen molar-refractivity contribution < 1.29 is 14.0 Å². The maximum atomic E-state index is 10.8. The second kappa shape index (κ2) is 16.1. The molecule has 5 heteroatoms. The topological polar surface area (TPSA) is 38.7 Å². The lowest BCUT2D eigenvalue weighted by molar-refractivity contribution is -0.00106. The molecule has 0 fully saturated rings. The van der Waals surface area contributed by atoms with Crippen molar-refractivity contribution in [2.45, 2.75) is 129 Å². The highest BCUT2D eigenvalue weighted by atomic mass is 28.4. The number of aliphatic hydroxyl groups is 1. The summed E-state index contributed by atoms with van der Waals surface area (Å²) >= 11 is 0. The number of hydrogen-bond donors (Lipinski definition) is 1. The summed E-state index contributed by atoms with van der Waals surface area (Å²) in [4.78, 5) is 0. The van der Waals surface area contributed by atoms with E-state index in [0.717, 1.165) is 31.0 Å². The van der Waals surface area contributed by atoms with Crippen LogP contribution < -0.4 is 10.4 Å². The molecule has 0 saturated carbocycles. The third-order valence-corrected chi connectivity index (χ3v) is 18.2. The molecule has 0 unspecified atom stereocenters. The summed E-state index contributed by atoms with van der Waals surface area (Å²) in [6, 6.07) is 25.0. The molecule has 0 heterocycles. The van der Waals surface area contributed by atoms with Crippen LogP contribution >= 0.6 is 0 Å². The van der Waals surface area contributed by atoms with Crippen molar-refractivity contribution in [3.63, 3.8) is 0 Å². The molecule has 0 saturated heterocycles. The Balaban J connectivity index is 2.56. The maximum absolute atomic E-state index is 10.8. The molecule has 2 atom stereocenters. The molecule has 1 N–H and O–H groups in total. The smallest absolute Gasteiger partial charge is 0.261 e. The molecular weight excluding hydrogens is 501 g/mol. The van der Waals surface area contributed by atoms with Gasteiger partial charge in [0.05, 0.1) is 18.8 Å². The van der Waals surface area contributed by atoms with E-state index in [1.165, 1.54) is 42.5 Å². The maximum Gasteiger partial charge on any atom is 0.261 e. The summed E-state index contributed by atoms with van der Waals surface area (Å²) < 4.78 is 14.6. The summed E-state index contributed by atoms with van der Waals surface area (Å²) in [6.45, 7) is 16.1. The van der Waals surface area contributed by atoms with E-state index in [4.69, 9.17) is 8.85 Å². The van der Waals surface area contributed by atoms with Gasteiger partial charge in [0.15, 0.2) is 8.32 Å². The molecule has 0 aliphatic carbocycles. The van der Waals surface area contributed by atoms with Crippen molar-refractivity contribution in [1.29, 1.82) is 0 Å². The fourth-order valence-corrected chi connectivity index (χ4v) is 13.5. The largest absolute Gasteiger partial charge is 0.409 e. The van der Waals surface area contributed by atoms with Crippen molar-refractivity contribution in [2.24, 2.45) is 0 Å². The molecule has 2 aromatic carbocycles. The molecule has 3 nitrogen and oxygen atoms in total. The summed E-state index contributed by atoms with van der Waals surface area (Å²) in [5, 5.41) is 13.3. The first-order valence-corrected chi connectivity index (χ1v) is 19.7. The Morgan fingerprint density at radius 1 is 0.658 bits per heavy atom. The quantitative estimate of drug-likeness (QED) is 0.149. The minimum absolute atomic E-state index is 0.00739. The first kappa shape index (κ1) is 33.0. The zero-order valence-electron chi connectivity index (χ0n) is 25.5. The van der Waals surface area contributed by atoms with Gasteiger partial charge in [-0.3, -0.25) is 0 Å². The van der Waals surface area contributed by atoms with E-state index in [-0.39, 0.29) is 23.9 Å². The third-order valence-electron chi connectivity index (χ3n) is 8.52. The second-order valence-electron chi connectivity index (χ2n) is 12.0. The molecule has 0 aliphatic heterocycles. The zero-order chi connectivity index (χ0) is 28.1. The van der Waals surface area contributed by atoms with Crippen LogP contribution in [0.15, 0.2) is 60.7 Å². The second-order valence-corrected chi connectivity index (χ2v) is 20.9. The van der Waals surface area contributed by atoms with Crippen molar-refractivity contribution in [2.75, 3.05) is 6.61 Å². The van der Waals surface area contributed by atoms with Crippen LogP contribution in [0.25, 0.3) is 0 Å². The van der Waals surface area contributed by atoms with E-state index in [2.05, 4.69) is 109 Å². The average Bonchev–Trinajstić information content (AvgIpc) is 2.94. The van der Waals surface area contributed by atoms with E-state index in [9.17, 15) is 5.11 Å². The molecule has 0 amide bonds. The summed E-state index contributed by atoms with van der Waals surface area (Å²) in [5.74, 6) is 0. The van der Waals surface area contributed by atoms with Crippen LogP contribution in [0.1, 0.15) is 93.4 Å². The molecule has 0 aromatic heterocycles. The molecule has 0 radical (unpaired) electrons. The number of benzene rings is 2. The third kappa shape index (κ3) is 8.38. The normalized spacial score (nSPS) is 14.4. The average molecular weight is 557 g/mol. The summed E-state index contributed by atoms with van der Waals surface area (Å²) in [5.41, 5.74) is 0. The Bertz CT molecular complexity index is 830. The highest BCUT2D eigenvalue weighted by molar-refractivity contribution is 6.99. The van der Waals surface area contributed by atoms with Gasteiger partial charge in [-0.15, -0.1) is 0 Å². The van der Waals surface area contributed by atoms with E-state index >= 15 is 0 Å². The van der Waals surface area contributed by atoms with Gasteiger partial charge in [-0.2, -0.15) is 0 Å². The first-order chi connectivity index (χ1) is 18.2. The molecule has 0 aliphatic rings. The van der Waals surface area contributed by atoms with Crippen molar-refractivity contribution in [3.8, 4) is 0 Å². The predicted octanol–water partition coefficient (Wildman–Crippen LogP) is 8.06. The minimum Gasteiger partial charge on any atom is -0.409 e. The Morgan fingerprint density at radius 2 is 1.13 bits per heavy atom. The van der Waals surface area contributed by atoms with Crippen LogP contribution in [0.3, 0.4) is 0 Å². The van der Waals surface area contributed by atoms with Crippen LogP contribution in [-0.4, -0.2) is 40.6 Å². The van der Waals surface area contributed by atoms with Crippen LogP contribution in [0.2, 0.25) is 23.2 Å². The van der Waals surface area contributed by atoms with Gasteiger partial charge < -0.3 is 14.0 Å². The zero-order valence-corrected chi connectivity index (χ0v) is 27.5. The van der Waals surface area contributed by atoms with E-state index < -0.39 is 16.6 Å². The standard InChI is InChI=1S/C33H56O3Si2/c1-8-12-13-14-15-22-27-31(32(28-34)35-37(9-2,10-3)11-4)36-38(33(5,6)7,29-23-18-16-19-24-29)30-25-20-17-21-26-30/h16-21,23-26,31-32,34H,8-15,22,27-28H2,1-7H3/t31-,32+/m0/s1. The van der Waals surface area contributed by atoms with Gasteiger partial charge in [-0.25, -0.2) is 0 Å².